The van der Waals surface area contributed by atoms with Gasteiger partial charge in [0.2, 0.25) is 0 Å². The molecule has 0 unspecified atom stereocenters. The summed E-state index contributed by atoms with van der Waals surface area (Å²) < 4.78 is 0. The highest BCUT2D eigenvalue weighted by molar-refractivity contribution is 5.33. The number of hydrogen-bond acceptors (Lipinski definition) is 1. The smallest absolute Gasteiger partial charge is 0.0896 e. The third-order valence-electron chi connectivity index (χ3n) is 2.53. The van der Waals surface area contributed by atoms with Crippen molar-refractivity contribution in [2.45, 2.75) is 52.6 Å². The predicted molar refractivity (Wildman–Crippen MR) is 67.9 cm³/mol. The van der Waals surface area contributed by atoms with Crippen LogP contribution in [0.4, 0.5) is 0 Å². The van der Waals surface area contributed by atoms with Crippen LogP contribution in [0.2, 0.25) is 0 Å². The van der Waals surface area contributed by atoms with Crippen molar-refractivity contribution in [3.05, 3.63) is 36.0 Å². The Kier molecular flexibility index (Phi) is 6.26. The monoisotopic (exact) mass is 208 g/mol. The van der Waals surface area contributed by atoms with Gasteiger partial charge in [-0.1, -0.05) is 44.2 Å². The van der Waals surface area contributed by atoms with Gasteiger partial charge in [-0.05, 0) is 38.7 Å². The molecule has 0 bridgehead atoms. The van der Waals surface area contributed by atoms with Crippen LogP contribution in [0, 0.1) is 0 Å². The molecule has 0 heterocycles. The second-order valence-electron chi connectivity index (χ2n) is 3.96. The van der Waals surface area contributed by atoms with Gasteiger partial charge in [0, 0.05) is 0 Å². The van der Waals surface area contributed by atoms with Gasteiger partial charge in [-0.2, -0.15) is 0 Å². The van der Waals surface area contributed by atoms with Crippen molar-refractivity contribution in [2.75, 3.05) is 0 Å². The first kappa shape index (κ1) is 14.2. The van der Waals surface area contributed by atoms with Gasteiger partial charge >= 0.3 is 0 Å². The zero-order valence-electron chi connectivity index (χ0n) is 10.5. The van der Waals surface area contributed by atoms with Crippen LogP contribution >= 0.6 is 0 Å². The van der Waals surface area contributed by atoms with Crippen molar-refractivity contribution in [2.24, 2.45) is 0 Å². The van der Waals surface area contributed by atoms with E-state index in [2.05, 4.69) is 6.58 Å². The number of aliphatic hydroxyl groups is 1. The molecule has 1 heteroatoms. The first-order chi connectivity index (χ1) is 7.08. The van der Waals surface area contributed by atoms with Gasteiger partial charge in [-0.15, -0.1) is 0 Å². The minimum Gasteiger partial charge on any atom is -0.385 e. The summed E-state index contributed by atoms with van der Waals surface area (Å²) >= 11 is 0. The molecule has 1 saturated carbocycles. The van der Waals surface area contributed by atoms with E-state index >= 15 is 0 Å². The lowest BCUT2D eigenvalue weighted by atomic mass is 9.74. The zero-order valence-corrected chi connectivity index (χ0v) is 10.5. The first-order valence-corrected chi connectivity index (χ1v) is 5.79. The molecule has 1 nitrogen and oxygen atoms in total. The fourth-order valence-corrected chi connectivity index (χ4v) is 1.47. The third-order valence-corrected chi connectivity index (χ3v) is 2.53. The van der Waals surface area contributed by atoms with Crippen LogP contribution in [-0.4, -0.2) is 10.7 Å². The van der Waals surface area contributed by atoms with Crippen molar-refractivity contribution in [1.82, 2.24) is 0 Å². The Balaban J connectivity index is 0.000000921. The molecule has 1 fully saturated rings. The van der Waals surface area contributed by atoms with E-state index in [0.717, 1.165) is 24.8 Å². The minimum atomic E-state index is -0.576. The van der Waals surface area contributed by atoms with Gasteiger partial charge in [0.05, 0.1) is 5.60 Å². The fraction of sp³-hybridized carbons (Fsp3) is 0.571. The zero-order chi connectivity index (χ0) is 11.9. The quantitative estimate of drug-likeness (QED) is 0.695. The van der Waals surface area contributed by atoms with Crippen LogP contribution in [0.5, 0.6) is 0 Å². The molecule has 1 aliphatic rings. The standard InChI is InChI=1S/C12H18O.C2H6/c1-4-11(7-6-10(2)3)12(13)8-5-9-12;1-2/h4,6-7,13H,1,5,8-9H2,2-3H3;1-2H3/b11-7+;. The normalized spacial score (nSPS) is 18.1. The van der Waals surface area contributed by atoms with Gasteiger partial charge < -0.3 is 5.11 Å². The van der Waals surface area contributed by atoms with Crippen molar-refractivity contribution in [1.29, 1.82) is 0 Å². The number of hydrogen-bond donors (Lipinski definition) is 1. The SMILES string of the molecule is C=C/C(=C\C=C(C)C)C1(O)CCC1.CC. The molecule has 0 aromatic heterocycles. The average molecular weight is 208 g/mol. The Morgan fingerprint density at radius 3 is 2.00 bits per heavy atom. The summed E-state index contributed by atoms with van der Waals surface area (Å²) in [5.74, 6) is 0. The molecule has 1 rings (SSSR count). The summed E-state index contributed by atoms with van der Waals surface area (Å²) in [5, 5.41) is 10.0. The molecular weight excluding hydrogens is 184 g/mol. The van der Waals surface area contributed by atoms with Crippen LogP contribution in [0.25, 0.3) is 0 Å². The molecule has 15 heavy (non-hydrogen) atoms. The van der Waals surface area contributed by atoms with E-state index in [4.69, 9.17) is 0 Å². The largest absolute Gasteiger partial charge is 0.385 e. The van der Waals surface area contributed by atoms with Crippen molar-refractivity contribution >= 4 is 0 Å². The van der Waals surface area contributed by atoms with Gasteiger partial charge in [-0.3, -0.25) is 0 Å². The summed E-state index contributed by atoms with van der Waals surface area (Å²) in [6.45, 7) is 11.8. The van der Waals surface area contributed by atoms with Gasteiger partial charge in [0.15, 0.2) is 0 Å². The highest BCUT2D eigenvalue weighted by Gasteiger charge is 2.36. The Labute approximate surface area is 94.2 Å². The fourth-order valence-electron chi connectivity index (χ4n) is 1.47. The Morgan fingerprint density at radius 2 is 1.73 bits per heavy atom. The van der Waals surface area contributed by atoms with Crippen LogP contribution < -0.4 is 0 Å². The molecule has 1 N–H and O–H groups in total. The van der Waals surface area contributed by atoms with Crippen LogP contribution in [-0.2, 0) is 0 Å². The van der Waals surface area contributed by atoms with E-state index in [1.54, 1.807) is 6.08 Å². The second-order valence-corrected chi connectivity index (χ2v) is 3.96. The maximum Gasteiger partial charge on any atom is 0.0896 e. The number of allylic oxidation sites excluding steroid dienone is 3. The van der Waals surface area contributed by atoms with E-state index in [0.29, 0.717) is 0 Å². The summed E-state index contributed by atoms with van der Waals surface area (Å²) in [7, 11) is 0. The van der Waals surface area contributed by atoms with Crippen molar-refractivity contribution in [3.8, 4) is 0 Å². The topological polar surface area (TPSA) is 20.2 Å². The van der Waals surface area contributed by atoms with Crippen LogP contribution in [0.15, 0.2) is 36.0 Å². The molecule has 0 aromatic carbocycles. The summed E-state index contributed by atoms with van der Waals surface area (Å²) in [6, 6.07) is 0. The highest BCUT2D eigenvalue weighted by atomic mass is 16.3. The molecule has 0 aliphatic heterocycles. The van der Waals surface area contributed by atoms with E-state index in [9.17, 15) is 5.11 Å². The average Bonchev–Trinajstić information content (AvgIpc) is 2.18. The maximum atomic E-state index is 10.0. The molecule has 1 aliphatic carbocycles. The maximum absolute atomic E-state index is 10.0. The molecular formula is C14H24O. The van der Waals surface area contributed by atoms with Crippen LogP contribution in [0.1, 0.15) is 47.0 Å². The Morgan fingerprint density at radius 1 is 1.20 bits per heavy atom. The van der Waals surface area contributed by atoms with E-state index in [-0.39, 0.29) is 0 Å². The van der Waals surface area contributed by atoms with E-state index in [1.807, 2.05) is 39.8 Å². The van der Waals surface area contributed by atoms with Gasteiger partial charge in [0.25, 0.3) is 0 Å². The van der Waals surface area contributed by atoms with Gasteiger partial charge in [-0.25, -0.2) is 0 Å². The van der Waals surface area contributed by atoms with Crippen LogP contribution in [0.3, 0.4) is 0 Å². The molecule has 0 amide bonds. The number of rotatable bonds is 3. The predicted octanol–water partition coefficient (Wildman–Crippen LogP) is 4.01. The summed E-state index contributed by atoms with van der Waals surface area (Å²) in [4.78, 5) is 0. The minimum absolute atomic E-state index is 0.576. The Bertz CT molecular complexity index is 251. The van der Waals surface area contributed by atoms with E-state index in [1.165, 1.54) is 5.57 Å². The Hall–Kier alpha value is -0.820. The molecule has 0 radical (unpaired) electrons. The molecule has 0 spiro atoms. The molecule has 0 saturated heterocycles. The lowest BCUT2D eigenvalue weighted by Gasteiger charge is -2.37. The van der Waals surface area contributed by atoms with Crippen molar-refractivity contribution in [3.63, 3.8) is 0 Å². The lowest BCUT2D eigenvalue weighted by Crippen LogP contribution is -2.38. The second kappa shape index (κ2) is 6.62. The first-order valence-electron chi connectivity index (χ1n) is 5.79. The summed E-state index contributed by atoms with van der Waals surface area (Å²) in [6.07, 6.45) is 8.63. The van der Waals surface area contributed by atoms with Crippen molar-refractivity contribution < 1.29 is 5.11 Å². The van der Waals surface area contributed by atoms with Gasteiger partial charge in [0.1, 0.15) is 0 Å². The highest BCUT2D eigenvalue weighted by Crippen LogP contribution is 2.38. The molecule has 0 atom stereocenters. The summed E-state index contributed by atoms with van der Waals surface area (Å²) in [5.41, 5.74) is 1.62. The molecule has 86 valence electrons. The lowest BCUT2D eigenvalue weighted by molar-refractivity contribution is 0.00599. The van der Waals surface area contributed by atoms with E-state index < -0.39 is 5.60 Å². The third kappa shape index (κ3) is 4.05. The molecule has 0 aromatic rings.